The minimum absolute atomic E-state index is 0.0586. The van der Waals surface area contributed by atoms with Crippen LogP contribution in [0, 0.1) is 10.1 Å². The molecule has 2 heterocycles. The van der Waals surface area contributed by atoms with Gasteiger partial charge in [-0.1, -0.05) is 18.2 Å². The molecule has 0 spiro atoms. The zero-order valence-electron chi connectivity index (χ0n) is 11.3. The van der Waals surface area contributed by atoms with Crippen LogP contribution < -0.4 is 5.73 Å². The van der Waals surface area contributed by atoms with Crippen molar-refractivity contribution in [2.45, 2.75) is 6.42 Å². The number of imidazole rings is 1. The summed E-state index contributed by atoms with van der Waals surface area (Å²) >= 11 is 0. The molecule has 0 bridgehead atoms. The smallest absolute Gasteiger partial charge is 0.270 e. The van der Waals surface area contributed by atoms with Gasteiger partial charge >= 0.3 is 0 Å². The van der Waals surface area contributed by atoms with Crippen molar-refractivity contribution in [3.05, 3.63) is 64.5 Å². The maximum Gasteiger partial charge on any atom is 0.270 e. The quantitative estimate of drug-likeness (QED) is 0.588. The van der Waals surface area contributed by atoms with Gasteiger partial charge in [-0.25, -0.2) is 4.98 Å². The first kappa shape index (κ1) is 13.3. The summed E-state index contributed by atoms with van der Waals surface area (Å²) in [7, 11) is 0. The van der Waals surface area contributed by atoms with Crippen molar-refractivity contribution in [3.8, 4) is 11.3 Å². The predicted octanol–water partition coefficient (Wildman–Crippen LogP) is 2.41. The molecule has 0 fully saturated rings. The van der Waals surface area contributed by atoms with Gasteiger partial charge in [-0.15, -0.1) is 0 Å². The molecule has 0 saturated heterocycles. The van der Waals surface area contributed by atoms with E-state index in [1.165, 1.54) is 6.07 Å². The lowest BCUT2D eigenvalue weighted by atomic mass is 10.1. The van der Waals surface area contributed by atoms with Crippen LogP contribution in [-0.4, -0.2) is 20.9 Å². The zero-order valence-corrected chi connectivity index (χ0v) is 11.3. The topological polar surface area (TPSA) is 86.5 Å². The molecule has 0 aliphatic rings. The number of nitrogens with zero attached hydrogens (tertiary/aromatic N) is 3. The summed E-state index contributed by atoms with van der Waals surface area (Å²) in [6.07, 6.45) is 2.58. The molecule has 2 aromatic heterocycles. The molecule has 106 valence electrons. The molecule has 3 rings (SSSR count). The number of rotatable bonds is 4. The number of nitrogens with two attached hydrogens (primary N) is 1. The number of hydrogen-bond acceptors (Lipinski definition) is 4. The Kier molecular flexibility index (Phi) is 3.37. The second-order valence-electron chi connectivity index (χ2n) is 4.68. The molecule has 0 saturated carbocycles. The minimum Gasteiger partial charge on any atom is -0.330 e. The average Bonchev–Trinajstić information content (AvgIpc) is 2.87. The van der Waals surface area contributed by atoms with Crippen LogP contribution in [0.2, 0.25) is 0 Å². The highest BCUT2D eigenvalue weighted by atomic mass is 16.6. The first-order valence-electron chi connectivity index (χ1n) is 6.61. The molecule has 0 radical (unpaired) electrons. The van der Waals surface area contributed by atoms with Gasteiger partial charge in [0.1, 0.15) is 5.65 Å². The summed E-state index contributed by atoms with van der Waals surface area (Å²) in [6, 6.07) is 12.3. The van der Waals surface area contributed by atoms with Crippen molar-refractivity contribution in [1.82, 2.24) is 9.38 Å². The second-order valence-corrected chi connectivity index (χ2v) is 4.68. The molecule has 0 unspecified atom stereocenters. The lowest BCUT2D eigenvalue weighted by molar-refractivity contribution is -0.384. The van der Waals surface area contributed by atoms with Crippen LogP contribution >= 0.6 is 0 Å². The largest absolute Gasteiger partial charge is 0.330 e. The molecule has 6 heteroatoms. The average molecular weight is 282 g/mol. The highest BCUT2D eigenvalue weighted by Gasteiger charge is 2.15. The lowest BCUT2D eigenvalue weighted by Gasteiger charge is -2.03. The summed E-state index contributed by atoms with van der Waals surface area (Å²) in [6.45, 7) is 0.491. The van der Waals surface area contributed by atoms with Crippen molar-refractivity contribution in [2.24, 2.45) is 5.73 Å². The van der Waals surface area contributed by atoms with E-state index in [9.17, 15) is 10.1 Å². The van der Waals surface area contributed by atoms with E-state index in [0.29, 0.717) is 13.0 Å². The Morgan fingerprint density at radius 2 is 2.10 bits per heavy atom. The predicted molar refractivity (Wildman–Crippen MR) is 80.0 cm³/mol. The Morgan fingerprint density at radius 1 is 1.24 bits per heavy atom. The fourth-order valence-electron chi connectivity index (χ4n) is 2.42. The molecular weight excluding hydrogens is 268 g/mol. The third-order valence-corrected chi connectivity index (χ3v) is 3.34. The molecular formula is C15H14N4O2. The number of hydrogen-bond donors (Lipinski definition) is 1. The highest BCUT2D eigenvalue weighted by molar-refractivity contribution is 5.68. The van der Waals surface area contributed by atoms with E-state index in [4.69, 9.17) is 5.73 Å². The highest BCUT2D eigenvalue weighted by Crippen LogP contribution is 2.27. The van der Waals surface area contributed by atoms with Gasteiger partial charge in [0.25, 0.3) is 5.69 Å². The Balaban J connectivity index is 2.21. The van der Waals surface area contributed by atoms with Gasteiger partial charge in [-0.2, -0.15) is 0 Å². The van der Waals surface area contributed by atoms with E-state index >= 15 is 0 Å². The van der Waals surface area contributed by atoms with Gasteiger partial charge in [0, 0.05) is 30.3 Å². The van der Waals surface area contributed by atoms with E-state index < -0.39 is 4.92 Å². The molecule has 21 heavy (non-hydrogen) atoms. The van der Waals surface area contributed by atoms with E-state index in [1.807, 2.05) is 34.9 Å². The van der Waals surface area contributed by atoms with Gasteiger partial charge in [0.15, 0.2) is 0 Å². The van der Waals surface area contributed by atoms with Gasteiger partial charge in [-0.3, -0.25) is 10.1 Å². The fourth-order valence-corrected chi connectivity index (χ4v) is 2.42. The summed E-state index contributed by atoms with van der Waals surface area (Å²) in [5.41, 5.74) is 9.00. The second kappa shape index (κ2) is 5.34. The van der Waals surface area contributed by atoms with Gasteiger partial charge in [0.05, 0.1) is 16.3 Å². The Hall–Kier alpha value is -2.73. The maximum atomic E-state index is 10.9. The monoisotopic (exact) mass is 282 g/mol. The summed E-state index contributed by atoms with van der Waals surface area (Å²) < 4.78 is 1.97. The number of nitro benzene ring substituents is 1. The molecule has 0 aliphatic heterocycles. The van der Waals surface area contributed by atoms with Crippen molar-refractivity contribution in [3.63, 3.8) is 0 Å². The van der Waals surface area contributed by atoms with Crippen molar-refractivity contribution in [1.29, 1.82) is 0 Å². The summed E-state index contributed by atoms with van der Waals surface area (Å²) in [5, 5.41) is 10.9. The number of fused-ring (bicyclic) bond motifs is 1. The zero-order chi connectivity index (χ0) is 14.8. The molecule has 0 aliphatic carbocycles. The molecule has 1 aromatic carbocycles. The summed E-state index contributed by atoms with van der Waals surface area (Å²) in [4.78, 5) is 15.1. The number of pyridine rings is 1. The van der Waals surface area contributed by atoms with E-state index in [2.05, 4.69) is 4.98 Å². The SMILES string of the molecule is NCCc1c(-c2cccc([N+](=O)[O-])c2)nc2ccccn12. The first-order chi connectivity index (χ1) is 10.2. The molecule has 0 atom stereocenters. The van der Waals surface area contributed by atoms with Crippen molar-refractivity contribution in [2.75, 3.05) is 6.54 Å². The number of aromatic nitrogens is 2. The minimum atomic E-state index is -0.401. The van der Waals surface area contributed by atoms with E-state index in [0.717, 1.165) is 22.6 Å². The number of benzene rings is 1. The Morgan fingerprint density at radius 3 is 2.86 bits per heavy atom. The maximum absolute atomic E-state index is 10.9. The van der Waals surface area contributed by atoms with Crippen LogP contribution in [0.4, 0.5) is 5.69 Å². The van der Waals surface area contributed by atoms with Crippen molar-refractivity contribution < 1.29 is 4.92 Å². The van der Waals surface area contributed by atoms with Crippen molar-refractivity contribution >= 4 is 11.3 Å². The normalized spacial score (nSPS) is 10.9. The third-order valence-electron chi connectivity index (χ3n) is 3.34. The standard InChI is InChI=1S/C15H14N4O2/c16-8-7-13-15(17-14-6-1-2-9-18(13)14)11-4-3-5-12(10-11)19(20)21/h1-6,9-10H,7-8,16H2. The molecule has 3 aromatic rings. The molecule has 6 nitrogen and oxygen atoms in total. The van der Waals surface area contributed by atoms with Gasteiger partial charge < -0.3 is 10.1 Å². The molecule has 0 amide bonds. The third kappa shape index (κ3) is 2.36. The Labute approximate surface area is 121 Å². The van der Waals surface area contributed by atoms with Crippen LogP contribution in [-0.2, 0) is 6.42 Å². The Bertz CT molecular complexity index is 810. The number of non-ortho nitro benzene ring substituents is 1. The van der Waals surface area contributed by atoms with Gasteiger partial charge in [-0.05, 0) is 18.7 Å². The van der Waals surface area contributed by atoms with Crippen LogP contribution in [0.3, 0.4) is 0 Å². The van der Waals surface area contributed by atoms with E-state index in [1.54, 1.807) is 12.1 Å². The number of nitro groups is 1. The van der Waals surface area contributed by atoms with Crippen LogP contribution in [0.5, 0.6) is 0 Å². The van der Waals surface area contributed by atoms with Crippen LogP contribution in [0.25, 0.3) is 16.9 Å². The van der Waals surface area contributed by atoms with Crippen LogP contribution in [0.1, 0.15) is 5.69 Å². The summed E-state index contributed by atoms with van der Waals surface area (Å²) in [5.74, 6) is 0. The molecule has 2 N–H and O–H groups in total. The fraction of sp³-hybridized carbons (Fsp3) is 0.133. The first-order valence-corrected chi connectivity index (χ1v) is 6.61. The van der Waals surface area contributed by atoms with Crippen LogP contribution in [0.15, 0.2) is 48.7 Å². The lowest BCUT2D eigenvalue weighted by Crippen LogP contribution is -2.06. The van der Waals surface area contributed by atoms with E-state index in [-0.39, 0.29) is 5.69 Å². The van der Waals surface area contributed by atoms with Gasteiger partial charge in [0.2, 0.25) is 0 Å².